The van der Waals surface area contributed by atoms with Crippen molar-refractivity contribution in [2.24, 2.45) is 0 Å². The van der Waals surface area contributed by atoms with Crippen molar-refractivity contribution >= 4 is 16.9 Å². The molecule has 0 unspecified atom stereocenters. The number of carbonyl (C=O) groups excluding carboxylic acids is 1. The summed E-state index contributed by atoms with van der Waals surface area (Å²) in [6.07, 6.45) is 2.04. The first-order valence-corrected chi connectivity index (χ1v) is 6.49. The third kappa shape index (κ3) is 2.30. The summed E-state index contributed by atoms with van der Waals surface area (Å²) in [4.78, 5) is 11.6. The summed E-state index contributed by atoms with van der Waals surface area (Å²) in [5.74, 6) is -0.306. The van der Waals surface area contributed by atoms with Crippen LogP contribution < -0.4 is 0 Å². The Labute approximate surface area is 117 Å². The van der Waals surface area contributed by atoms with E-state index in [1.807, 2.05) is 36.5 Å². The predicted molar refractivity (Wildman–Crippen MR) is 78.8 cm³/mol. The first-order valence-electron chi connectivity index (χ1n) is 6.49. The monoisotopic (exact) mass is 265 g/mol. The summed E-state index contributed by atoms with van der Waals surface area (Å²) in [7, 11) is 1.40. The van der Waals surface area contributed by atoms with Gasteiger partial charge in [0, 0.05) is 18.3 Å². The Kier molecular flexibility index (Phi) is 3.25. The summed E-state index contributed by atoms with van der Waals surface area (Å²) in [5, 5.41) is 1.12. The minimum absolute atomic E-state index is 0.306. The van der Waals surface area contributed by atoms with E-state index >= 15 is 0 Å². The first-order chi connectivity index (χ1) is 9.78. The molecule has 0 bridgehead atoms. The molecule has 0 saturated heterocycles. The van der Waals surface area contributed by atoms with Crippen molar-refractivity contribution < 1.29 is 9.53 Å². The minimum atomic E-state index is -0.306. The zero-order chi connectivity index (χ0) is 13.9. The van der Waals surface area contributed by atoms with Crippen LogP contribution in [0.5, 0.6) is 0 Å². The zero-order valence-corrected chi connectivity index (χ0v) is 11.2. The van der Waals surface area contributed by atoms with Crippen LogP contribution in [0.4, 0.5) is 0 Å². The van der Waals surface area contributed by atoms with Crippen molar-refractivity contribution in [2.75, 3.05) is 7.11 Å². The van der Waals surface area contributed by atoms with Gasteiger partial charge in [0.25, 0.3) is 0 Å². The van der Waals surface area contributed by atoms with Crippen molar-refractivity contribution in [1.82, 2.24) is 4.57 Å². The van der Waals surface area contributed by atoms with Crippen molar-refractivity contribution in [3.63, 3.8) is 0 Å². The number of ether oxygens (including phenoxy) is 1. The van der Waals surface area contributed by atoms with Gasteiger partial charge >= 0.3 is 5.97 Å². The number of esters is 1. The standard InChI is InChI=1S/C17H15NO2/c1-20-17(19)15-8-7-14-9-10-18(16(14)11-15)12-13-5-3-2-4-6-13/h2-11H,12H2,1H3. The lowest BCUT2D eigenvalue weighted by atomic mass is 10.1. The maximum atomic E-state index is 11.6. The third-order valence-corrected chi connectivity index (χ3v) is 3.39. The lowest BCUT2D eigenvalue weighted by molar-refractivity contribution is 0.0601. The van der Waals surface area contributed by atoms with E-state index < -0.39 is 0 Å². The largest absolute Gasteiger partial charge is 0.465 e. The van der Waals surface area contributed by atoms with Crippen LogP contribution in [0.2, 0.25) is 0 Å². The molecule has 20 heavy (non-hydrogen) atoms. The van der Waals surface area contributed by atoms with Gasteiger partial charge in [-0.3, -0.25) is 0 Å². The van der Waals surface area contributed by atoms with Crippen molar-refractivity contribution in [3.05, 3.63) is 71.9 Å². The van der Waals surface area contributed by atoms with Crippen LogP contribution in [0.3, 0.4) is 0 Å². The van der Waals surface area contributed by atoms with Gasteiger partial charge in [-0.2, -0.15) is 0 Å². The number of aromatic nitrogens is 1. The molecule has 0 spiro atoms. The second-order valence-electron chi connectivity index (χ2n) is 4.69. The quantitative estimate of drug-likeness (QED) is 0.679. The van der Waals surface area contributed by atoms with Gasteiger partial charge < -0.3 is 9.30 Å². The molecular formula is C17H15NO2. The second kappa shape index (κ2) is 5.21. The number of nitrogens with zero attached hydrogens (tertiary/aromatic N) is 1. The number of benzene rings is 2. The van der Waals surface area contributed by atoms with Gasteiger partial charge in [0.1, 0.15) is 0 Å². The molecular weight excluding hydrogens is 250 g/mol. The molecule has 0 saturated carbocycles. The number of hydrogen-bond donors (Lipinski definition) is 0. The van der Waals surface area contributed by atoms with Gasteiger partial charge in [0.05, 0.1) is 12.7 Å². The normalized spacial score (nSPS) is 10.7. The fourth-order valence-corrected chi connectivity index (χ4v) is 2.35. The van der Waals surface area contributed by atoms with Crippen LogP contribution in [0.25, 0.3) is 10.9 Å². The topological polar surface area (TPSA) is 31.2 Å². The average Bonchev–Trinajstić information content (AvgIpc) is 2.90. The van der Waals surface area contributed by atoms with E-state index in [0.717, 1.165) is 17.4 Å². The highest BCUT2D eigenvalue weighted by Crippen LogP contribution is 2.19. The summed E-state index contributed by atoms with van der Waals surface area (Å²) in [6.45, 7) is 0.787. The molecule has 2 aromatic carbocycles. The highest BCUT2D eigenvalue weighted by molar-refractivity contribution is 5.94. The molecule has 1 heterocycles. The van der Waals surface area contributed by atoms with E-state index in [9.17, 15) is 4.79 Å². The van der Waals surface area contributed by atoms with E-state index in [4.69, 9.17) is 4.74 Å². The Morgan fingerprint density at radius 3 is 2.65 bits per heavy atom. The van der Waals surface area contributed by atoms with E-state index in [-0.39, 0.29) is 5.97 Å². The van der Waals surface area contributed by atoms with Crippen molar-refractivity contribution in [2.45, 2.75) is 6.54 Å². The molecule has 0 aliphatic heterocycles. The molecule has 3 rings (SSSR count). The zero-order valence-electron chi connectivity index (χ0n) is 11.2. The lowest BCUT2D eigenvalue weighted by Gasteiger charge is -2.06. The molecule has 3 heteroatoms. The Morgan fingerprint density at radius 2 is 1.90 bits per heavy atom. The molecule has 1 aromatic heterocycles. The van der Waals surface area contributed by atoms with E-state index in [2.05, 4.69) is 22.8 Å². The van der Waals surface area contributed by atoms with Gasteiger partial charge in [-0.1, -0.05) is 36.4 Å². The van der Waals surface area contributed by atoms with Crippen molar-refractivity contribution in [3.8, 4) is 0 Å². The van der Waals surface area contributed by atoms with Crippen LogP contribution >= 0.6 is 0 Å². The maximum Gasteiger partial charge on any atom is 0.337 e. The van der Waals surface area contributed by atoms with E-state index in [1.54, 1.807) is 6.07 Å². The van der Waals surface area contributed by atoms with E-state index in [1.165, 1.54) is 12.7 Å². The van der Waals surface area contributed by atoms with Crippen LogP contribution in [-0.2, 0) is 11.3 Å². The number of fused-ring (bicyclic) bond motifs is 1. The van der Waals surface area contributed by atoms with Crippen LogP contribution in [-0.4, -0.2) is 17.6 Å². The molecule has 3 aromatic rings. The summed E-state index contributed by atoms with van der Waals surface area (Å²) >= 11 is 0. The number of hydrogen-bond acceptors (Lipinski definition) is 2. The Morgan fingerprint density at radius 1 is 1.10 bits per heavy atom. The molecule has 0 radical (unpaired) electrons. The minimum Gasteiger partial charge on any atom is -0.465 e. The predicted octanol–water partition coefficient (Wildman–Crippen LogP) is 3.48. The summed E-state index contributed by atoms with van der Waals surface area (Å²) in [6, 6.07) is 17.9. The lowest BCUT2D eigenvalue weighted by Crippen LogP contribution is -2.02. The molecule has 0 fully saturated rings. The van der Waals surface area contributed by atoms with Gasteiger partial charge in [0.15, 0.2) is 0 Å². The number of methoxy groups -OCH3 is 1. The van der Waals surface area contributed by atoms with Crippen LogP contribution in [0.15, 0.2) is 60.8 Å². The summed E-state index contributed by atoms with van der Waals surface area (Å²) in [5.41, 5.74) is 2.85. The fourth-order valence-electron chi connectivity index (χ4n) is 2.35. The second-order valence-corrected chi connectivity index (χ2v) is 4.69. The van der Waals surface area contributed by atoms with Gasteiger partial charge in [0.2, 0.25) is 0 Å². The smallest absolute Gasteiger partial charge is 0.337 e. The molecule has 0 atom stereocenters. The Bertz CT molecular complexity index is 744. The fraction of sp³-hybridized carbons (Fsp3) is 0.118. The summed E-state index contributed by atoms with van der Waals surface area (Å²) < 4.78 is 6.91. The molecule has 0 amide bonds. The molecule has 0 aliphatic rings. The third-order valence-electron chi connectivity index (χ3n) is 3.39. The number of carbonyl (C=O) groups is 1. The molecule has 0 N–H and O–H groups in total. The van der Waals surface area contributed by atoms with Crippen LogP contribution in [0.1, 0.15) is 15.9 Å². The molecule has 100 valence electrons. The highest BCUT2D eigenvalue weighted by Gasteiger charge is 2.08. The SMILES string of the molecule is COC(=O)c1ccc2ccn(Cc3ccccc3)c2c1. The van der Waals surface area contributed by atoms with E-state index in [0.29, 0.717) is 5.56 Å². The highest BCUT2D eigenvalue weighted by atomic mass is 16.5. The number of rotatable bonds is 3. The molecule has 0 aliphatic carbocycles. The van der Waals surface area contributed by atoms with Crippen LogP contribution in [0, 0.1) is 0 Å². The first kappa shape index (κ1) is 12.5. The molecule has 3 nitrogen and oxygen atoms in total. The van der Waals surface area contributed by atoms with Gasteiger partial charge in [-0.05, 0) is 29.1 Å². The Balaban J connectivity index is 2.01. The average molecular weight is 265 g/mol. The van der Waals surface area contributed by atoms with Gasteiger partial charge in [-0.25, -0.2) is 4.79 Å². The van der Waals surface area contributed by atoms with Gasteiger partial charge in [-0.15, -0.1) is 0 Å². The maximum absolute atomic E-state index is 11.6. The van der Waals surface area contributed by atoms with Crippen molar-refractivity contribution in [1.29, 1.82) is 0 Å². The Hall–Kier alpha value is -2.55.